The summed E-state index contributed by atoms with van der Waals surface area (Å²) in [7, 11) is 0. The number of carboxylic acids is 1. The van der Waals surface area contributed by atoms with E-state index in [0.717, 1.165) is 17.4 Å². The molecule has 1 saturated carbocycles. The summed E-state index contributed by atoms with van der Waals surface area (Å²) in [6, 6.07) is 2.85. The SMILES string of the molecule is O=C(O)/C=C/c1ccc(C(=O)NC2(C(F)(F)F)CC2)s1. The minimum atomic E-state index is -4.45. The maximum atomic E-state index is 12.7. The fourth-order valence-electron chi connectivity index (χ4n) is 1.60. The lowest BCUT2D eigenvalue weighted by molar-refractivity contribution is -0.163. The van der Waals surface area contributed by atoms with Crippen molar-refractivity contribution in [2.75, 3.05) is 0 Å². The molecule has 1 amide bonds. The van der Waals surface area contributed by atoms with E-state index >= 15 is 0 Å². The third kappa shape index (κ3) is 3.01. The molecule has 108 valence electrons. The number of rotatable bonds is 4. The van der Waals surface area contributed by atoms with Crippen molar-refractivity contribution >= 4 is 29.3 Å². The Bertz CT molecular complexity index is 573. The first kappa shape index (κ1) is 14.6. The lowest BCUT2D eigenvalue weighted by atomic mass is 10.2. The van der Waals surface area contributed by atoms with Crippen LogP contribution in [0.5, 0.6) is 0 Å². The summed E-state index contributed by atoms with van der Waals surface area (Å²) < 4.78 is 38.1. The predicted molar refractivity (Wildman–Crippen MR) is 66.5 cm³/mol. The molecule has 0 radical (unpaired) electrons. The Kier molecular flexibility index (Phi) is 3.59. The number of hydrogen-bond donors (Lipinski definition) is 2. The normalized spacial score (nSPS) is 17.1. The predicted octanol–water partition coefficient (Wildman–Crippen LogP) is 2.67. The summed E-state index contributed by atoms with van der Waals surface area (Å²) in [5, 5.41) is 10.5. The number of aliphatic carboxylic acids is 1. The van der Waals surface area contributed by atoms with Crippen molar-refractivity contribution in [3.05, 3.63) is 28.0 Å². The van der Waals surface area contributed by atoms with E-state index in [2.05, 4.69) is 0 Å². The minimum Gasteiger partial charge on any atom is -0.478 e. The molecule has 1 aliphatic carbocycles. The van der Waals surface area contributed by atoms with Gasteiger partial charge in [-0.1, -0.05) is 0 Å². The van der Waals surface area contributed by atoms with Gasteiger partial charge in [0.2, 0.25) is 0 Å². The molecule has 1 heterocycles. The Hall–Kier alpha value is -1.83. The summed E-state index contributed by atoms with van der Waals surface area (Å²) in [4.78, 5) is 22.7. The van der Waals surface area contributed by atoms with Crippen LogP contribution in [-0.4, -0.2) is 28.7 Å². The first-order valence-electron chi connectivity index (χ1n) is 5.64. The topological polar surface area (TPSA) is 66.4 Å². The van der Waals surface area contributed by atoms with Gasteiger partial charge in [0.1, 0.15) is 5.54 Å². The minimum absolute atomic E-state index is 0.112. The van der Waals surface area contributed by atoms with Gasteiger partial charge in [-0.15, -0.1) is 11.3 Å². The number of alkyl halides is 3. The van der Waals surface area contributed by atoms with E-state index in [0.29, 0.717) is 4.88 Å². The van der Waals surface area contributed by atoms with Crippen molar-refractivity contribution in [1.29, 1.82) is 0 Å². The molecule has 0 atom stereocenters. The molecule has 1 aromatic heterocycles. The number of carbonyl (C=O) groups is 2. The highest BCUT2D eigenvalue weighted by molar-refractivity contribution is 7.14. The van der Waals surface area contributed by atoms with Crippen LogP contribution in [0, 0.1) is 0 Å². The molecular weight excluding hydrogens is 295 g/mol. The van der Waals surface area contributed by atoms with Crippen LogP contribution in [0.2, 0.25) is 0 Å². The van der Waals surface area contributed by atoms with Gasteiger partial charge in [-0.2, -0.15) is 13.2 Å². The first-order valence-corrected chi connectivity index (χ1v) is 6.45. The molecule has 2 N–H and O–H groups in total. The second-order valence-corrected chi connectivity index (χ2v) is 5.52. The molecule has 2 rings (SSSR count). The number of halogens is 3. The Morgan fingerprint density at radius 3 is 2.50 bits per heavy atom. The van der Waals surface area contributed by atoms with E-state index < -0.39 is 23.6 Å². The summed E-state index contributed by atoms with van der Waals surface area (Å²) in [6.45, 7) is 0. The highest BCUT2D eigenvalue weighted by Gasteiger charge is 2.64. The van der Waals surface area contributed by atoms with Crippen molar-refractivity contribution in [3.63, 3.8) is 0 Å². The molecule has 20 heavy (non-hydrogen) atoms. The standard InChI is InChI=1S/C12H10F3NO3S/c13-12(14,15)11(5-6-11)16-10(19)8-3-1-7(20-8)2-4-9(17)18/h1-4H,5-6H2,(H,16,19)(H,17,18)/b4-2+. The van der Waals surface area contributed by atoms with Crippen molar-refractivity contribution in [1.82, 2.24) is 5.32 Å². The number of carboxylic acid groups (broad SMARTS) is 1. The van der Waals surface area contributed by atoms with Crippen LogP contribution in [0.15, 0.2) is 18.2 Å². The fourth-order valence-corrected chi connectivity index (χ4v) is 2.41. The molecule has 0 unspecified atom stereocenters. The van der Waals surface area contributed by atoms with Gasteiger partial charge in [0.05, 0.1) is 4.88 Å². The molecule has 0 bridgehead atoms. The van der Waals surface area contributed by atoms with E-state index in [1.54, 1.807) is 0 Å². The van der Waals surface area contributed by atoms with Crippen molar-refractivity contribution in [2.24, 2.45) is 0 Å². The highest BCUT2D eigenvalue weighted by atomic mass is 32.1. The van der Waals surface area contributed by atoms with E-state index in [1.807, 2.05) is 5.32 Å². The zero-order valence-electron chi connectivity index (χ0n) is 10.0. The van der Waals surface area contributed by atoms with Crippen LogP contribution in [0.4, 0.5) is 13.2 Å². The molecular formula is C12H10F3NO3S. The average Bonchev–Trinajstić information content (AvgIpc) is 2.97. The molecule has 4 nitrogen and oxygen atoms in total. The second kappa shape index (κ2) is 4.93. The third-order valence-corrected chi connectivity index (χ3v) is 3.94. The zero-order chi connectivity index (χ0) is 15.0. The van der Waals surface area contributed by atoms with E-state index in [-0.39, 0.29) is 17.7 Å². The van der Waals surface area contributed by atoms with Gasteiger partial charge in [-0.05, 0) is 31.1 Å². The molecule has 1 fully saturated rings. The van der Waals surface area contributed by atoms with Crippen molar-refractivity contribution in [3.8, 4) is 0 Å². The van der Waals surface area contributed by atoms with Gasteiger partial charge >= 0.3 is 12.1 Å². The van der Waals surface area contributed by atoms with Crippen molar-refractivity contribution in [2.45, 2.75) is 24.6 Å². The van der Waals surface area contributed by atoms with Crippen LogP contribution in [-0.2, 0) is 4.79 Å². The molecule has 0 aliphatic heterocycles. The van der Waals surface area contributed by atoms with E-state index in [9.17, 15) is 22.8 Å². The van der Waals surface area contributed by atoms with Gasteiger partial charge in [0.15, 0.2) is 0 Å². The smallest absolute Gasteiger partial charge is 0.411 e. The third-order valence-electron chi connectivity index (χ3n) is 2.89. The van der Waals surface area contributed by atoms with Crippen molar-refractivity contribution < 1.29 is 27.9 Å². The van der Waals surface area contributed by atoms with Crippen LogP contribution in [0.3, 0.4) is 0 Å². The molecule has 0 aromatic carbocycles. The van der Waals surface area contributed by atoms with Gasteiger partial charge in [0, 0.05) is 11.0 Å². The first-order chi connectivity index (χ1) is 9.23. The van der Waals surface area contributed by atoms with E-state index in [4.69, 9.17) is 5.11 Å². The van der Waals surface area contributed by atoms with Crippen LogP contribution < -0.4 is 5.32 Å². The number of thiophene rings is 1. The Balaban J connectivity index is 2.06. The van der Waals surface area contributed by atoms with Crippen LogP contribution in [0.25, 0.3) is 6.08 Å². The summed E-state index contributed by atoms with van der Waals surface area (Å²) >= 11 is 0.933. The lowest BCUT2D eigenvalue weighted by Crippen LogP contribution is -2.47. The van der Waals surface area contributed by atoms with Crippen LogP contribution >= 0.6 is 11.3 Å². The molecule has 0 saturated heterocycles. The fraction of sp³-hybridized carbons (Fsp3) is 0.333. The number of nitrogens with one attached hydrogen (secondary N) is 1. The summed E-state index contributed by atoms with van der Waals surface area (Å²) in [6.07, 6.45) is -2.50. The Labute approximate surface area is 115 Å². The Morgan fingerprint density at radius 1 is 1.35 bits per heavy atom. The quantitative estimate of drug-likeness (QED) is 0.841. The van der Waals surface area contributed by atoms with E-state index in [1.165, 1.54) is 18.2 Å². The van der Waals surface area contributed by atoms with Crippen LogP contribution in [0.1, 0.15) is 27.4 Å². The van der Waals surface area contributed by atoms with Gasteiger partial charge in [-0.3, -0.25) is 4.79 Å². The average molecular weight is 305 g/mol. The largest absolute Gasteiger partial charge is 0.478 e. The molecule has 0 spiro atoms. The summed E-state index contributed by atoms with van der Waals surface area (Å²) in [5.41, 5.74) is -2.09. The van der Waals surface area contributed by atoms with Gasteiger partial charge in [-0.25, -0.2) is 4.79 Å². The maximum absolute atomic E-state index is 12.7. The van der Waals surface area contributed by atoms with Gasteiger partial charge < -0.3 is 10.4 Å². The zero-order valence-corrected chi connectivity index (χ0v) is 10.8. The molecule has 1 aliphatic rings. The van der Waals surface area contributed by atoms with Gasteiger partial charge in [0.25, 0.3) is 5.91 Å². The number of amides is 1. The second-order valence-electron chi connectivity index (χ2n) is 4.41. The number of hydrogen-bond acceptors (Lipinski definition) is 3. The summed E-state index contributed by atoms with van der Waals surface area (Å²) in [5.74, 6) is -1.93. The maximum Gasteiger partial charge on any atom is 0.411 e. The lowest BCUT2D eigenvalue weighted by Gasteiger charge is -2.20. The molecule has 8 heteroatoms. The number of carbonyl (C=O) groups excluding carboxylic acids is 1. The highest BCUT2D eigenvalue weighted by Crippen LogP contribution is 2.49. The monoisotopic (exact) mass is 305 g/mol. The molecule has 1 aromatic rings. The Morgan fingerprint density at radius 2 is 2.00 bits per heavy atom.